The first-order valence-corrected chi connectivity index (χ1v) is 7.37. The van der Waals surface area contributed by atoms with Gasteiger partial charge in [0.1, 0.15) is 5.75 Å². The van der Waals surface area contributed by atoms with E-state index in [0.717, 1.165) is 25.0 Å². The van der Waals surface area contributed by atoms with Gasteiger partial charge in [0.2, 0.25) is 0 Å². The highest BCUT2D eigenvalue weighted by molar-refractivity contribution is 9.10. The summed E-state index contributed by atoms with van der Waals surface area (Å²) in [6.07, 6.45) is -2.55. The molecule has 1 aliphatic rings. The zero-order valence-electron chi connectivity index (χ0n) is 11.4. The number of hydrogen-bond acceptors (Lipinski definition) is 2. The lowest BCUT2D eigenvalue weighted by atomic mass is 10.2. The summed E-state index contributed by atoms with van der Waals surface area (Å²) in [7, 11) is 0. The number of hydrogen-bond donors (Lipinski definition) is 0. The van der Waals surface area contributed by atoms with Crippen LogP contribution in [0.15, 0.2) is 22.7 Å². The highest BCUT2D eigenvalue weighted by Gasteiger charge is 2.31. The molecule has 0 aliphatic carbocycles. The van der Waals surface area contributed by atoms with Crippen LogP contribution in [0.5, 0.6) is 5.75 Å². The van der Waals surface area contributed by atoms with E-state index in [9.17, 15) is 18.0 Å². The number of benzene rings is 1. The number of ether oxygens (including phenoxy) is 1. The fourth-order valence-corrected chi connectivity index (χ4v) is 2.68. The maximum absolute atomic E-state index is 12.6. The zero-order valence-corrected chi connectivity index (χ0v) is 13.0. The van der Waals surface area contributed by atoms with Crippen LogP contribution in [0.1, 0.15) is 25.3 Å². The average molecular weight is 366 g/mol. The highest BCUT2D eigenvalue weighted by atomic mass is 79.9. The summed E-state index contributed by atoms with van der Waals surface area (Å²) in [6, 6.07) is 3.28. The molecule has 21 heavy (non-hydrogen) atoms. The second-order valence-electron chi connectivity index (χ2n) is 5.01. The van der Waals surface area contributed by atoms with Gasteiger partial charge in [-0.3, -0.25) is 4.79 Å². The molecular weight excluding hydrogens is 351 g/mol. The Bertz CT molecular complexity index is 533. The van der Waals surface area contributed by atoms with Crippen molar-refractivity contribution in [2.75, 3.05) is 13.2 Å². The third-order valence-electron chi connectivity index (χ3n) is 3.48. The smallest absolute Gasteiger partial charge is 0.416 e. The Morgan fingerprint density at radius 3 is 2.76 bits per heavy atom. The number of halogens is 4. The third-order valence-corrected chi connectivity index (χ3v) is 4.14. The molecule has 0 N–H and O–H groups in total. The van der Waals surface area contributed by atoms with Gasteiger partial charge in [-0.1, -0.05) is 0 Å². The fraction of sp³-hybridized carbons (Fsp3) is 0.500. The van der Waals surface area contributed by atoms with Crippen LogP contribution < -0.4 is 4.74 Å². The van der Waals surface area contributed by atoms with Gasteiger partial charge < -0.3 is 9.64 Å². The van der Waals surface area contributed by atoms with Crippen LogP contribution in [0.3, 0.4) is 0 Å². The second-order valence-corrected chi connectivity index (χ2v) is 5.86. The van der Waals surface area contributed by atoms with Gasteiger partial charge in [-0.15, -0.1) is 0 Å². The highest BCUT2D eigenvalue weighted by Crippen LogP contribution is 2.35. The van der Waals surface area contributed by atoms with Crippen molar-refractivity contribution < 1.29 is 22.7 Å². The molecular formula is C14H15BrF3NO2. The van der Waals surface area contributed by atoms with Gasteiger partial charge in [0, 0.05) is 12.6 Å². The summed E-state index contributed by atoms with van der Waals surface area (Å²) in [6.45, 7) is 2.36. The summed E-state index contributed by atoms with van der Waals surface area (Å²) in [5.41, 5.74) is -0.803. The van der Waals surface area contributed by atoms with Gasteiger partial charge in [0.25, 0.3) is 5.91 Å². The Kier molecular flexibility index (Phi) is 4.81. The van der Waals surface area contributed by atoms with E-state index in [1.54, 1.807) is 4.90 Å². The quantitative estimate of drug-likeness (QED) is 0.813. The van der Waals surface area contributed by atoms with Crippen LogP contribution in [-0.4, -0.2) is 30.0 Å². The van der Waals surface area contributed by atoms with Gasteiger partial charge in [0.05, 0.1) is 10.0 Å². The largest absolute Gasteiger partial charge is 0.483 e. The molecule has 1 aromatic rings. The molecule has 0 radical (unpaired) electrons. The molecule has 1 heterocycles. The monoisotopic (exact) mass is 365 g/mol. The SMILES string of the molecule is CC1CCCN1C(=O)COc1cc(C(F)(F)F)ccc1Br. The van der Waals surface area contributed by atoms with Crippen molar-refractivity contribution in [3.63, 3.8) is 0 Å². The number of rotatable bonds is 3. The molecule has 0 saturated carbocycles. The summed E-state index contributed by atoms with van der Waals surface area (Å²) in [5, 5.41) is 0. The topological polar surface area (TPSA) is 29.5 Å². The molecule has 3 nitrogen and oxygen atoms in total. The van der Waals surface area contributed by atoms with Gasteiger partial charge in [-0.2, -0.15) is 13.2 Å². The minimum Gasteiger partial charge on any atom is -0.483 e. The van der Waals surface area contributed by atoms with Gasteiger partial charge >= 0.3 is 6.18 Å². The molecule has 2 rings (SSSR count). The van der Waals surface area contributed by atoms with Crippen LogP contribution in [-0.2, 0) is 11.0 Å². The first-order chi connectivity index (χ1) is 9.79. The fourth-order valence-electron chi connectivity index (χ4n) is 2.32. The van der Waals surface area contributed by atoms with Crippen LogP contribution in [0.4, 0.5) is 13.2 Å². The summed E-state index contributed by atoms with van der Waals surface area (Å²) >= 11 is 3.13. The normalized spacial score (nSPS) is 18.9. The maximum atomic E-state index is 12.6. The van der Waals surface area contributed by atoms with E-state index < -0.39 is 11.7 Å². The summed E-state index contributed by atoms with van der Waals surface area (Å²) in [4.78, 5) is 13.7. The molecule has 1 atom stereocenters. The van der Waals surface area contributed by atoms with Crippen molar-refractivity contribution in [1.29, 1.82) is 0 Å². The van der Waals surface area contributed by atoms with Crippen LogP contribution in [0.25, 0.3) is 0 Å². The Balaban J connectivity index is 2.04. The zero-order chi connectivity index (χ0) is 15.6. The van der Waals surface area contributed by atoms with Crippen molar-refractivity contribution in [3.8, 4) is 5.75 Å². The average Bonchev–Trinajstić information content (AvgIpc) is 2.82. The number of carbonyl (C=O) groups is 1. The molecule has 7 heteroatoms. The minimum atomic E-state index is -4.44. The van der Waals surface area contributed by atoms with Crippen molar-refractivity contribution in [3.05, 3.63) is 28.2 Å². The standard InChI is InChI=1S/C14H15BrF3NO2/c1-9-3-2-6-19(9)13(20)8-21-12-7-10(14(16,17)18)4-5-11(12)15/h4-5,7,9H,2-3,6,8H2,1H3. The number of amides is 1. The molecule has 1 aliphatic heterocycles. The first kappa shape index (κ1) is 16.1. The summed E-state index contributed by atoms with van der Waals surface area (Å²) < 4.78 is 43.6. The molecule has 1 fully saturated rings. The van der Waals surface area contributed by atoms with Crippen molar-refractivity contribution in [2.24, 2.45) is 0 Å². The molecule has 1 aromatic carbocycles. The summed E-state index contributed by atoms with van der Waals surface area (Å²) in [5.74, 6) is -0.186. The van der Waals surface area contributed by atoms with E-state index >= 15 is 0 Å². The molecule has 1 amide bonds. The van der Waals surface area contributed by atoms with E-state index in [4.69, 9.17) is 4.74 Å². The van der Waals surface area contributed by atoms with E-state index in [0.29, 0.717) is 11.0 Å². The lowest BCUT2D eigenvalue weighted by Gasteiger charge is -2.21. The molecule has 1 saturated heterocycles. The molecule has 0 aromatic heterocycles. The Morgan fingerprint density at radius 2 is 2.19 bits per heavy atom. The molecule has 0 spiro atoms. The molecule has 1 unspecified atom stereocenters. The van der Waals surface area contributed by atoms with Crippen LogP contribution in [0.2, 0.25) is 0 Å². The Labute approximate surface area is 129 Å². The van der Waals surface area contributed by atoms with Crippen molar-refractivity contribution in [2.45, 2.75) is 32.0 Å². The maximum Gasteiger partial charge on any atom is 0.416 e. The predicted molar refractivity (Wildman–Crippen MR) is 75.0 cm³/mol. The number of alkyl halides is 3. The van der Waals surface area contributed by atoms with Gasteiger partial charge in [-0.05, 0) is 53.9 Å². The lowest BCUT2D eigenvalue weighted by Crippen LogP contribution is -2.37. The van der Waals surface area contributed by atoms with Gasteiger partial charge in [0.15, 0.2) is 6.61 Å². The van der Waals surface area contributed by atoms with Gasteiger partial charge in [-0.25, -0.2) is 0 Å². The number of nitrogens with zero attached hydrogens (tertiary/aromatic N) is 1. The van der Waals surface area contributed by atoms with Crippen molar-refractivity contribution >= 4 is 21.8 Å². The third kappa shape index (κ3) is 3.90. The van der Waals surface area contributed by atoms with E-state index in [1.165, 1.54) is 6.07 Å². The predicted octanol–water partition coefficient (Wildman–Crippen LogP) is 3.86. The van der Waals surface area contributed by atoms with Crippen molar-refractivity contribution in [1.82, 2.24) is 4.90 Å². The second kappa shape index (κ2) is 6.25. The van der Waals surface area contributed by atoms with E-state index in [-0.39, 0.29) is 24.3 Å². The van der Waals surface area contributed by atoms with E-state index in [2.05, 4.69) is 15.9 Å². The molecule has 116 valence electrons. The Hall–Kier alpha value is -1.24. The Morgan fingerprint density at radius 1 is 1.48 bits per heavy atom. The first-order valence-electron chi connectivity index (χ1n) is 6.58. The lowest BCUT2D eigenvalue weighted by molar-refractivity contribution is -0.137. The minimum absolute atomic E-state index is 0.0185. The van der Waals surface area contributed by atoms with Crippen LogP contribution in [0, 0.1) is 0 Å². The molecule has 0 bridgehead atoms. The van der Waals surface area contributed by atoms with Crippen LogP contribution >= 0.6 is 15.9 Å². The number of likely N-dealkylation sites (tertiary alicyclic amines) is 1. The van der Waals surface area contributed by atoms with E-state index in [1.807, 2.05) is 6.92 Å². The number of carbonyl (C=O) groups excluding carboxylic acids is 1.